The van der Waals surface area contributed by atoms with Crippen LogP contribution in [-0.4, -0.2) is 23.7 Å². The smallest absolute Gasteiger partial charge is 0.267 e. The molecule has 0 aromatic heterocycles. The topological polar surface area (TPSA) is 66.5 Å². The number of hydrogen-bond acceptors (Lipinski definition) is 5. The van der Waals surface area contributed by atoms with Crippen molar-refractivity contribution >= 4 is 50.3 Å². The second-order valence-electron chi connectivity index (χ2n) is 5.34. The van der Waals surface area contributed by atoms with Crippen molar-refractivity contribution < 1.29 is 13.2 Å². The minimum Gasteiger partial charge on any atom is -0.267 e. The Morgan fingerprint density at radius 3 is 2.36 bits per heavy atom. The Labute approximate surface area is 155 Å². The SMILES string of the molecule is Cc1ccc(/C=C2/SC(=S)N(NS(=O)(=O)c3ccccc3)C2=O)cc1. The summed E-state index contributed by atoms with van der Waals surface area (Å²) in [6.07, 6.45) is 1.69. The van der Waals surface area contributed by atoms with Gasteiger partial charge < -0.3 is 0 Å². The van der Waals surface area contributed by atoms with Gasteiger partial charge >= 0.3 is 0 Å². The van der Waals surface area contributed by atoms with Crippen LogP contribution >= 0.6 is 24.0 Å². The summed E-state index contributed by atoms with van der Waals surface area (Å²) in [5.41, 5.74) is 1.96. The maximum Gasteiger partial charge on any atom is 0.281 e. The van der Waals surface area contributed by atoms with E-state index < -0.39 is 15.9 Å². The molecule has 2 aromatic carbocycles. The third kappa shape index (κ3) is 3.98. The van der Waals surface area contributed by atoms with E-state index in [9.17, 15) is 13.2 Å². The van der Waals surface area contributed by atoms with Gasteiger partial charge in [-0.3, -0.25) is 4.79 Å². The van der Waals surface area contributed by atoms with Crippen molar-refractivity contribution in [3.05, 3.63) is 70.6 Å². The van der Waals surface area contributed by atoms with Gasteiger partial charge in [-0.1, -0.05) is 72.0 Å². The van der Waals surface area contributed by atoms with Gasteiger partial charge in [0.2, 0.25) is 0 Å². The monoisotopic (exact) mass is 390 g/mol. The summed E-state index contributed by atoms with van der Waals surface area (Å²) < 4.78 is 24.9. The van der Waals surface area contributed by atoms with Gasteiger partial charge in [-0.25, -0.2) is 13.4 Å². The number of carbonyl (C=O) groups excluding carboxylic acids is 1. The van der Waals surface area contributed by atoms with Gasteiger partial charge in [0.25, 0.3) is 15.9 Å². The Balaban J connectivity index is 1.83. The molecule has 0 unspecified atom stereocenters. The second kappa shape index (κ2) is 7.09. The lowest BCUT2D eigenvalue weighted by atomic mass is 10.1. The highest BCUT2D eigenvalue weighted by Crippen LogP contribution is 2.32. The molecule has 0 bridgehead atoms. The van der Waals surface area contributed by atoms with Gasteiger partial charge in [0.1, 0.15) is 0 Å². The molecule has 0 saturated carbocycles. The molecule has 5 nitrogen and oxygen atoms in total. The average Bonchev–Trinajstić information content (AvgIpc) is 2.85. The van der Waals surface area contributed by atoms with Gasteiger partial charge in [0.15, 0.2) is 4.32 Å². The van der Waals surface area contributed by atoms with Crippen LogP contribution in [0.1, 0.15) is 11.1 Å². The predicted molar refractivity (Wildman–Crippen MR) is 103 cm³/mol. The molecule has 0 atom stereocenters. The third-order valence-corrected chi connectivity index (χ3v) is 6.05. The number of nitrogens with zero attached hydrogens (tertiary/aromatic N) is 1. The molecule has 1 heterocycles. The number of hydrogen-bond donors (Lipinski definition) is 1. The number of hydrazine groups is 1. The van der Waals surface area contributed by atoms with E-state index in [4.69, 9.17) is 12.2 Å². The second-order valence-corrected chi connectivity index (χ2v) is 8.67. The molecule has 0 spiro atoms. The standard InChI is InChI=1S/C17H14N2O3S3/c1-12-7-9-13(10-8-12)11-15-16(20)19(17(23)24-15)18-25(21,22)14-5-3-2-4-6-14/h2-11,18H,1H3/b15-11+. The first-order valence-electron chi connectivity index (χ1n) is 7.29. The van der Waals surface area contributed by atoms with Crippen LogP contribution in [0.25, 0.3) is 6.08 Å². The van der Waals surface area contributed by atoms with Crippen LogP contribution in [0.5, 0.6) is 0 Å². The van der Waals surface area contributed by atoms with Gasteiger partial charge in [-0.2, -0.15) is 0 Å². The molecule has 25 heavy (non-hydrogen) atoms. The van der Waals surface area contributed by atoms with E-state index in [2.05, 4.69) is 4.83 Å². The maximum absolute atomic E-state index is 12.5. The minimum absolute atomic E-state index is 0.0616. The van der Waals surface area contributed by atoms with E-state index in [1.165, 1.54) is 12.1 Å². The molecule has 128 valence electrons. The molecule has 2 aromatic rings. The van der Waals surface area contributed by atoms with Crippen LogP contribution in [0, 0.1) is 6.92 Å². The number of amides is 1. The molecule has 1 aliphatic rings. The number of rotatable bonds is 4. The first kappa shape index (κ1) is 17.8. The van der Waals surface area contributed by atoms with Gasteiger partial charge in [-0.15, -0.1) is 4.83 Å². The number of thiocarbonyl (C=S) groups is 1. The van der Waals surface area contributed by atoms with Gasteiger partial charge in [0, 0.05) is 0 Å². The highest BCUT2D eigenvalue weighted by Gasteiger charge is 2.35. The summed E-state index contributed by atoms with van der Waals surface area (Å²) in [6.45, 7) is 1.97. The summed E-state index contributed by atoms with van der Waals surface area (Å²) in [5, 5.41) is 0.891. The summed E-state index contributed by atoms with van der Waals surface area (Å²) in [5.74, 6) is -0.491. The van der Waals surface area contributed by atoms with E-state index in [1.54, 1.807) is 24.3 Å². The minimum atomic E-state index is -3.88. The maximum atomic E-state index is 12.5. The van der Waals surface area contributed by atoms with E-state index in [0.717, 1.165) is 27.9 Å². The van der Waals surface area contributed by atoms with E-state index in [0.29, 0.717) is 4.91 Å². The number of aryl methyl sites for hydroxylation is 1. The van der Waals surface area contributed by atoms with E-state index in [-0.39, 0.29) is 9.22 Å². The van der Waals surface area contributed by atoms with Crippen molar-refractivity contribution in [2.45, 2.75) is 11.8 Å². The number of benzene rings is 2. The zero-order valence-electron chi connectivity index (χ0n) is 13.2. The average molecular weight is 391 g/mol. The van der Waals surface area contributed by atoms with Crippen LogP contribution in [0.3, 0.4) is 0 Å². The van der Waals surface area contributed by atoms with Crippen molar-refractivity contribution in [3.8, 4) is 0 Å². The Morgan fingerprint density at radius 2 is 1.72 bits per heavy atom. The number of thioether (sulfide) groups is 1. The van der Waals surface area contributed by atoms with Crippen molar-refractivity contribution in [2.75, 3.05) is 0 Å². The molecule has 1 saturated heterocycles. The van der Waals surface area contributed by atoms with Crippen molar-refractivity contribution in [2.24, 2.45) is 0 Å². The molecule has 3 rings (SSSR count). The van der Waals surface area contributed by atoms with Crippen molar-refractivity contribution in [3.63, 3.8) is 0 Å². The highest BCUT2D eigenvalue weighted by atomic mass is 32.2. The lowest BCUT2D eigenvalue weighted by Crippen LogP contribution is -2.44. The molecule has 1 fully saturated rings. The first-order valence-corrected chi connectivity index (χ1v) is 10.00. The predicted octanol–water partition coefficient (Wildman–Crippen LogP) is 3.09. The molecule has 1 aliphatic heterocycles. The summed E-state index contributed by atoms with van der Waals surface area (Å²) in [6, 6.07) is 15.5. The van der Waals surface area contributed by atoms with Crippen molar-refractivity contribution in [1.82, 2.24) is 9.84 Å². The van der Waals surface area contributed by atoms with E-state index in [1.807, 2.05) is 31.2 Å². The normalized spacial score (nSPS) is 16.7. The van der Waals surface area contributed by atoms with Gasteiger partial charge in [-0.05, 0) is 30.7 Å². The zero-order chi connectivity index (χ0) is 18.0. The van der Waals surface area contributed by atoms with Crippen molar-refractivity contribution in [1.29, 1.82) is 0 Å². The van der Waals surface area contributed by atoms with Crippen LogP contribution in [-0.2, 0) is 14.8 Å². The Bertz CT molecular complexity index is 952. The first-order chi connectivity index (χ1) is 11.9. The summed E-state index contributed by atoms with van der Waals surface area (Å²) in [7, 11) is -3.88. The van der Waals surface area contributed by atoms with Crippen LogP contribution < -0.4 is 4.83 Å². The number of carbonyl (C=O) groups is 1. The number of nitrogens with one attached hydrogen (secondary N) is 1. The molecular weight excluding hydrogens is 376 g/mol. The Morgan fingerprint density at radius 1 is 1.08 bits per heavy atom. The highest BCUT2D eigenvalue weighted by molar-refractivity contribution is 8.26. The summed E-state index contributed by atoms with van der Waals surface area (Å²) >= 11 is 6.21. The molecule has 0 aliphatic carbocycles. The molecule has 0 radical (unpaired) electrons. The van der Waals surface area contributed by atoms with Crippen LogP contribution in [0.2, 0.25) is 0 Å². The molecule has 1 N–H and O–H groups in total. The lowest BCUT2D eigenvalue weighted by Gasteiger charge is -2.15. The van der Waals surface area contributed by atoms with Gasteiger partial charge in [0.05, 0.1) is 9.80 Å². The fourth-order valence-corrected chi connectivity index (χ4v) is 4.46. The quantitative estimate of drug-likeness (QED) is 0.642. The largest absolute Gasteiger partial charge is 0.281 e. The fourth-order valence-electron chi connectivity index (χ4n) is 2.13. The Hall–Kier alpha value is -2.00. The molecular formula is C17H14N2O3S3. The van der Waals surface area contributed by atoms with E-state index >= 15 is 0 Å². The molecule has 8 heteroatoms. The molecule has 1 amide bonds. The van der Waals surface area contributed by atoms with Crippen LogP contribution in [0.4, 0.5) is 0 Å². The zero-order valence-corrected chi connectivity index (χ0v) is 15.6. The Kier molecular flexibility index (Phi) is 5.05. The lowest BCUT2D eigenvalue weighted by molar-refractivity contribution is -0.123. The van der Waals surface area contributed by atoms with Crippen LogP contribution in [0.15, 0.2) is 64.4 Å². The third-order valence-electron chi connectivity index (χ3n) is 3.43. The summed E-state index contributed by atoms with van der Waals surface area (Å²) in [4.78, 5) is 15.2. The fraction of sp³-hybridized carbons (Fsp3) is 0.0588. The number of sulfonamides is 1.